The molecule has 0 atom stereocenters. The predicted molar refractivity (Wildman–Crippen MR) is 416 cm³/mol. The fourth-order valence-corrected chi connectivity index (χ4v) is 13.4. The lowest BCUT2D eigenvalue weighted by atomic mass is 9.93. The van der Waals surface area contributed by atoms with Crippen molar-refractivity contribution in [3.63, 3.8) is 0 Å². The summed E-state index contributed by atoms with van der Waals surface area (Å²) in [5.41, 5.74) is 18.1. The number of hydrogen-bond acceptors (Lipinski definition) is 22. The first-order valence-electron chi connectivity index (χ1n) is 36.9. The molecule has 1 N–H and O–H groups in total. The van der Waals surface area contributed by atoms with Gasteiger partial charge in [-0.1, -0.05) is 135 Å². The van der Waals surface area contributed by atoms with E-state index in [4.69, 9.17) is 6.63 Å². The summed E-state index contributed by atoms with van der Waals surface area (Å²) in [4.78, 5) is 73.6. The molecule has 4 aliphatic rings. The first-order valence-corrected chi connectivity index (χ1v) is 36.2. The van der Waals surface area contributed by atoms with Gasteiger partial charge in [-0.15, -0.1) is 10.2 Å². The number of aromatic nitrogens is 16. The number of carbonyl (C=O) groups is 4. The van der Waals surface area contributed by atoms with Crippen molar-refractivity contribution in [2.24, 2.45) is 14.1 Å². The number of benzene rings is 4. The van der Waals surface area contributed by atoms with Crippen LogP contribution in [0.3, 0.4) is 0 Å². The Balaban J connectivity index is 0.000000148. The first kappa shape index (κ1) is 79.2. The zero-order valence-electron chi connectivity index (χ0n) is 64.2. The lowest BCUT2D eigenvalue weighted by Crippen LogP contribution is -2.33. The minimum absolute atomic E-state index is 0.0644. The van der Waals surface area contributed by atoms with Crippen LogP contribution in [0.1, 0.15) is 141 Å². The predicted octanol–water partition coefficient (Wildman–Crippen LogP) is 12.7. The van der Waals surface area contributed by atoms with Crippen LogP contribution >= 0.6 is 0 Å². The van der Waals surface area contributed by atoms with E-state index in [1.807, 2.05) is 104 Å². The van der Waals surface area contributed by atoms with E-state index >= 15 is 0 Å². The Morgan fingerprint density at radius 1 is 0.451 bits per heavy atom. The Morgan fingerprint density at radius 2 is 0.788 bits per heavy atom. The third-order valence-electron chi connectivity index (χ3n) is 19.9. The minimum Gasteiger partial charge on any atom is -0.335 e. The quantitative estimate of drug-likeness (QED) is 0.0447. The number of aryl methyl sites for hydroxylation is 2. The van der Waals surface area contributed by atoms with Gasteiger partial charge in [0, 0.05) is 103 Å². The highest BCUT2D eigenvalue weighted by Gasteiger charge is 2.27. The number of ketones is 4. The molecule has 0 amide bonds. The van der Waals surface area contributed by atoms with Crippen molar-refractivity contribution in [1.82, 2.24) is 85.9 Å². The van der Waals surface area contributed by atoms with Crippen molar-refractivity contribution >= 4 is 63.3 Å². The Kier molecular flexibility index (Phi) is 26.9. The maximum Gasteiger partial charge on any atom is 0.266 e. The molecule has 0 bridgehead atoms. The van der Waals surface area contributed by atoms with Gasteiger partial charge in [0.05, 0.1) is 69.2 Å². The summed E-state index contributed by atoms with van der Waals surface area (Å²) in [6.07, 6.45) is 16.4. The molecule has 0 fully saturated rings. The van der Waals surface area contributed by atoms with E-state index in [9.17, 15) is 41.1 Å². The summed E-state index contributed by atoms with van der Waals surface area (Å²) in [7, 11) is 2.58. The molecule has 15 rings (SSSR count). The van der Waals surface area contributed by atoms with Crippen molar-refractivity contribution in [1.29, 1.82) is 5.26 Å². The molecule has 4 aliphatic heterocycles. The van der Waals surface area contributed by atoms with Gasteiger partial charge in [0.1, 0.15) is 0 Å². The van der Waals surface area contributed by atoms with Crippen LogP contribution in [0, 0.1) is 34.7 Å². The van der Waals surface area contributed by atoms with E-state index in [2.05, 4.69) is 120 Å². The zero-order chi connectivity index (χ0) is 80.8. The fourth-order valence-electron chi connectivity index (χ4n) is 13.4. The summed E-state index contributed by atoms with van der Waals surface area (Å²) in [6, 6.07) is 36.9. The molecule has 0 saturated heterocycles. The van der Waals surface area contributed by atoms with Crippen LogP contribution in [-0.2, 0) is 39.8 Å². The van der Waals surface area contributed by atoms with E-state index in [1.54, 1.807) is 16.6 Å². The largest absolute Gasteiger partial charge is 0.335 e. The average Bonchev–Trinajstić information content (AvgIpc) is 1.42. The van der Waals surface area contributed by atoms with Gasteiger partial charge in [-0.05, 0) is 165 Å². The number of hydrogen-bond donors (Lipinski definition) is 1. The second kappa shape index (κ2) is 38.3. The highest BCUT2D eigenvalue weighted by atomic mass is 19.1. The number of Topliss-reactive ketones (excluding diaryl/α,β-unsaturated/α-hetero) is 4. The van der Waals surface area contributed by atoms with Crippen molar-refractivity contribution in [2.75, 3.05) is 74.2 Å². The molecule has 11 aromatic rings. The number of halogens is 5. The van der Waals surface area contributed by atoms with Gasteiger partial charge in [0.2, 0.25) is 5.95 Å². The smallest absolute Gasteiger partial charge is 0.266 e. The molecule has 0 saturated carbocycles. The molecule has 0 spiro atoms. The Hall–Kier alpha value is -13.3. The third kappa shape index (κ3) is 20.8. The number of H-pyrrole nitrogens is 1. The second-order valence-corrected chi connectivity index (χ2v) is 27.3. The average molecular weight is 1530 g/mol. The Morgan fingerprint density at radius 3 is 1.10 bits per heavy atom. The number of rotatable bonds is 19. The monoisotopic (exact) mass is 1530 g/mol. The number of carbonyl (C=O) groups excluding carboxylic acids is 4. The highest BCUT2D eigenvalue weighted by molar-refractivity contribution is 5.99. The number of anilines is 3. The van der Waals surface area contributed by atoms with E-state index in [0.717, 1.165) is 139 Å². The normalized spacial score (nSPS) is 14.3. The van der Waals surface area contributed by atoms with Crippen molar-refractivity contribution in [3.8, 4) is 6.19 Å². The van der Waals surface area contributed by atoms with Gasteiger partial charge < -0.3 is 19.6 Å². The molecule has 0 radical (unpaired) electrons. The van der Waals surface area contributed by atoms with Crippen LogP contribution in [0.5, 0.6) is 0 Å². The van der Waals surface area contributed by atoms with Crippen LogP contribution in [0.4, 0.5) is 39.8 Å². The highest BCUT2D eigenvalue weighted by Crippen LogP contribution is 2.33. The van der Waals surface area contributed by atoms with E-state index in [1.165, 1.54) is 92.9 Å². The van der Waals surface area contributed by atoms with Crippen LogP contribution < -0.4 is 14.7 Å². The van der Waals surface area contributed by atoms with Gasteiger partial charge in [-0.2, -0.15) is 15.3 Å². The third-order valence-corrected chi connectivity index (χ3v) is 19.9. The van der Waals surface area contributed by atoms with E-state index in [-0.39, 0.29) is 71.1 Å². The standard InChI is InChI=1S/2C21H21FN6O.C20H19FN6O.C20H18FN3O.CH3F/c1-14-8-10-28(21-24-25-26-27(21)2)13-18(14)16-5-3-15(4-6-16)11-20(29)17-7-9-23-12-19(17)22;1-14-8-10-28(21-24-26-27(2)25-21)13-18(14)16-5-3-15(4-6-16)11-20(29)17-7-9-23-12-19(17)22;1-13-7-9-27(20-23-25-26-24-20)12-17(13)15-4-2-14(3-5-15)10-19(28)16-6-8-22-11-18(16)21;1-14-7-9-24(13-22)12-18(14)16-4-2-15(3-5-16)10-20(25)17-6-8-23-11-19(17)21;1-2/h2*3-7,9,12H,8,10-11,13H2,1-2H3;2-6,8,11H,7,9-10,12H2,1H3,(H,23,24,25,26);2-6,8,11H,7,9-10,12H2,1H3;1H3/i;;;;1D. The number of nitriles is 1. The number of aromatic amines is 1. The molecule has 113 heavy (non-hydrogen) atoms. The van der Waals surface area contributed by atoms with Crippen molar-refractivity contribution in [2.45, 2.75) is 79.1 Å². The summed E-state index contributed by atoms with van der Waals surface area (Å²) < 4.78 is 72.1. The van der Waals surface area contributed by atoms with Crippen molar-refractivity contribution in [3.05, 3.63) is 283 Å². The number of nitrogens with zero attached hydrogens (tertiary/aromatic N) is 20. The van der Waals surface area contributed by atoms with Gasteiger partial charge in [-0.25, -0.2) is 22.2 Å². The van der Waals surface area contributed by atoms with E-state index < -0.39 is 30.4 Å². The number of nitrogens with one attached hydrogen (secondary N) is 1. The van der Waals surface area contributed by atoms with E-state index in [0.29, 0.717) is 31.5 Å². The van der Waals surface area contributed by atoms with Crippen LogP contribution in [0.2, 0.25) is 0 Å². The number of pyridine rings is 4. The lowest BCUT2D eigenvalue weighted by Gasteiger charge is -2.30. The number of alkyl halides is 1. The first-order chi connectivity index (χ1) is 55.1. The molecule has 7 aromatic heterocycles. The summed E-state index contributed by atoms with van der Waals surface area (Å²) in [5.74, 6) is -1.44. The molecule has 0 aliphatic carbocycles. The molecule has 0 unspecified atom stereocenters. The van der Waals surface area contributed by atoms with Crippen LogP contribution in [0.15, 0.2) is 193 Å². The molecule has 11 heterocycles. The molecule has 25 nitrogen and oxygen atoms in total. The summed E-state index contributed by atoms with van der Waals surface area (Å²) in [6.45, 7) is 14.6. The van der Waals surface area contributed by atoms with Gasteiger partial charge >= 0.3 is 0 Å². The van der Waals surface area contributed by atoms with Crippen LogP contribution in [-0.4, -0.2) is 169 Å². The topological polar surface area (TPSA) is 298 Å². The molecular formula is C83H82F5N21O4. The molecular weight excluding hydrogens is 1450 g/mol. The SMILES string of the molecule is CC1=C(c2ccc(CC(=O)c3ccncc3F)cc2)CN(C#N)CC1.CC1=C(c2ccc(CC(=O)c3ccncc3F)cc2)CN(c2nn[nH]n2)CC1.CC1=C(c2ccc(CC(=O)c3ccncc3F)cc2)CN(c2nnn(C)n2)CC1.CC1=C(c2ccc(CC(=O)c3ccncc3F)cc2)CN(c2nnnn2C)CC1.[2H]CF. The maximum absolute atomic E-state index is 13.8. The van der Waals surface area contributed by atoms with Crippen molar-refractivity contribution < 1.29 is 42.5 Å². The lowest BCUT2D eigenvalue weighted by molar-refractivity contribution is 0.0980. The summed E-state index contributed by atoms with van der Waals surface area (Å²) in [5, 5.41) is 47.4. The molecule has 578 valence electrons. The van der Waals surface area contributed by atoms with Gasteiger partial charge in [-0.3, -0.25) is 43.5 Å². The molecule has 30 heteroatoms. The maximum atomic E-state index is 13.8. The number of tetrazole rings is 3. The van der Waals surface area contributed by atoms with Gasteiger partial charge in [0.25, 0.3) is 11.9 Å². The fraction of sp³-hybridized carbons (Fsp3) is 0.277. The molecule has 4 aromatic carbocycles. The van der Waals surface area contributed by atoms with Crippen LogP contribution in [0.25, 0.3) is 22.3 Å². The Bertz CT molecular complexity index is 5380. The summed E-state index contributed by atoms with van der Waals surface area (Å²) >= 11 is 0. The minimum atomic E-state index is -1.00. The zero-order valence-corrected chi connectivity index (χ0v) is 63.2. The second-order valence-electron chi connectivity index (χ2n) is 27.3. The van der Waals surface area contributed by atoms with Gasteiger partial charge in [0.15, 0.2) is 52.6 Å². The Labute approximate surface area is 650 Å².